The lowest BCUT2D eigenvalue weighted by Gasteiger charge is -2.19. The van der Waals surface area contributed by atoms with Gasteiger partial charge in [-0.3, -0.25) is 14.4 Å². The van der Waals surface area contributed by atoms with Crippen LogP contribution < -0.4 is 16.0 Å². The van der Waals surface area contributed by atoms with E-state index in [4.69, 9.17) is 11.6 Å². The fraction of sp³-hybridized carbons (Fsp3) is 0.471. The topological polar surface area (TPSA) is 121 Å². The van der Waals surface area contributed by atoms with Gasteiger partial charge in [0.25, 0.3) is 5.91 Å². The third kappa shape index (κ3) is 8.87. The minimum atomic E-state index is -3.35. The molecule has 1 rings (SSSR count). The van der Waals surface area contributed by atoms with Crippen LogP contribution in [0.1, 0.15) is 30.6 Å². The van der Waals surface area contributed by atoms with E-state index in [1.54, 1.807) is 26.0 Å². The summed E-state index contributed by atoms with van der Waals surface area (Å²) in [6, 6.07) is 5.06. The van der Waals surface area contributed by atoms with Crippen molar-refractivity contribution in [1.82, 2.24) is 16.0 Å². The summed E-state index contributed by atoms with van der Waals surface area (Å²) in [6.45, 7) is 3.27. The summed E-state index contributed by atoms with van der Waals surface area (Å²) in [7, 11) is -3.35. The van der Waals surface area contributed by atoms with Crippen molar-refractivity contribution in [3.8, 4) is 0 Å². The molecule has 0 aliphatic carbocycles. The van der Waals surface area contributed by atoms with Gasteiger partial charge in [0.1, 0.15) is 15.9 Å². The fourth-order valence-electron chi connectivity index (χ4n) is 2.15. The van der Waals surface area contributed by atoms with Crippen LogP contribution in [0.3, 0.4) is 0 Å². The predicted octanol–water partition coefficient (Wildman–Crippen LogP) is 0.514. The van der Waals surface area contributed by atoms with Crippen molar-refractivity contribution < 1.29 is 22.8 Å². The first-order chi connectivity index (χ1) is 12.5. The SMILES string of the molecule is CC(C)NC(=O)CNC(=O)[C@H](CCS(C)(=O)=O)NC(=O)c1ccccc1Cl. The highest BCUT2D eigenvalue weighted by Crippen LogP contribution is 2.15. The molecule has 0 saturated carbocycles. The number of benzene rings is 1. The first-order valence-corrected chi connectivity index (χ1v) is 10.7. The van der Waals surface area contributed by atoms with E-state index in [2.05, 4.69) is 16.0 Å². The Labute approximate surface area is 164 Å². The molecule has 0 radical (unpaired) electrons. The molecule has 3 N–H and O–H groups in total. The molecule has 0 aliphatic heterocycles. The smallest absolute Gasteiger partial charge is 0.253 e. The van der Waals surface area contributed by atoms with Gasteiger partial charge in [-0.15, -0.1) is 0 Å². The van der Waals surface area contributed by atoms with Gasteiger partial charge in [-0.25, -0.2) is 8.42 Å². The monoisotopic (exact) mass is 417 g/mol. The van der Waals surface area contributed by atoms with Crippen LogP contribution in [-0.2, 0) is 19.4 Å². The first kappa shape index (κ1) is 22.9. The van der Waals surface area contributed by atoms with E-state index in [-0.39, 0.29) is 35.3 Å². The first-order valence-electron chi connectivity index (χ1n) is 8.30. The van der Waals surface area contributed by atoms with Crippen LogP contribution in [0.4, 0.5) is 0 Å². The summed E-state index contributed by atoms with van der Waals surface area (Å²) in [4.78, 5) is 36.4. The predicted molar refractivity (Wildman–Crippen MR) is 103 cm³/mol. The Kier molecular flexibility index (Phi) is 8.71. The van der Waals surface area contributed by atoms with Crippen molar-refractivity contribution in [3.05, 3.63) is 34.9 Å². The summed E-state index contributed by atoms with van der Waals surface area (Å²) >= 11 is 5.97. The second-order valence-corrected chi connectivity index (χ2v) is 9.03. The molecule has 1 atom stereocenters. The molecule has 0 saturated heterocycles. The van der Waals surface area contributed by atoms with E-state index in [1.165, 1.54) is 12.1 Å². The van der Waals surface area contributed by atoms with E-state index in [0.717, 1.165) is 6.26 Å². The quantitative estimate of drug-likeness (QED) is 0.540. The van der Waals surface area contributed by atoms with Crippen LogP contribution in [-0.4, -0.2) is 56.8 Å². The number of nitrogens with one attached hydrogen (secondary N) is 3. The average molecular weight is 418 g/mol. The van der Waals surface area contributed by atoms with Gasteiger partial charge in [-0.1, -0.05) is 23.7 Å². The highest BCUT2D eigenvalue weighted by atomic mass is 35.5. The Balaban J connectivity index is 2.82. The van der Waals surface area contributed by atoms with Gasteiger partial charge in [-0.05, 0) is 32.4 Å². The van der Waals surface area contributed by atoms with Gasteiger partial charge in [0.2, 0.25) is 11.8 Å². The van der Waals surface area contributed by atoms with Gasteiger partial charge >= 0.3 is 0 Å². The molecule has 150 valence electrons. The number of amides is 3. The number of sulfone groups is 1. The summed E-state index contributed by atoms with van der Waals surface area (Å²) < 4.78 is 22.9. The summed E-state index contributed by atoms with van der Waals surface area (Å²) in [6.07, 6.45) is 0.903. The molecule has 0 aliphatic rings. The normalized spacial score (nSPS) is 12.3. The van der Waals surface area contributed by atoms with E-state index in [0.29, 0.717) is 0 Å². The molecule has 0 bridgehead atoms. The third-order valence-corrected chi connectivity index (χ3v) is 4.70. The number of halogens is 1. The molecule has 1 aromatic carbocycles. The molecule has 8 nitrogen and oxygen atoms in total. The van der Waals surface area contributed by atoms with Crippen molar-refractivity contribution in [2.45, 2.75) is 32.4 Å². The Bertz CT molecular complexity index is 796. The molecular weight excluding hydrogens is 394 g/mol. The third-order valence-electron chi connectivity index (χ3n) is 3.39. The molecule has 0 heterocycles. The molecular formula is C17H24ClN3O5S. The molecule has 27 heavy (non-hydrogen) atoms. The van der Waals surface area contributed by atoms with Crippen molar-refractivity contribution in [2.24, 2.45) is 0 Å². The number of hydrogen-bond acceptors (Lipinski definition) is 5. The van der Waals surface area contributed by atoms with Gasteiger partial charge in [0.05, 0.1) is 22.9 Å². The second-order valence-electron chi connectivity index (χ2n) is 6.36. The maximum Gasteiger partial charge on any atom is 0.253 e. The summed E-state index contributed by atoms with van der Waals surface area (Å²) in [5.74, 6) is -1.96. The molecule has 1 aromatic rings. The van der Waals surface area contributed by atoms with Gasteiger partial charge in [0, 0.05) is 12.3 Å². The van der Waals surface area contributed by atoms with Crippen LogP contribution >= 0.6 is 11.6 Å². The van der Waals surface area contributed by atoms with E-state index < -0.39 is 33.6 Å². The number of rotatable bonds is 9. The standard InChI is InChI=1S/C17H24ClN3O5S/c1-11(2)20-15(22)10-19-17(24)14(8-9-27(3,25)26)21-16(23)12-6-4-5-7-13(12)18/h4-7,11,14H,8-10H2,1-3H3,(H,19,24)(H,20,22)(H,21,23)/t14-/m0/s1. The van der Waals surface area contributed by atoms with E-state index in [9.17, 15) is 22.8 Å². The zero-order chi connectivity index (χ0) is 20.6. The molecule has 0 unspecified atom stereocenters. The van der Waals surface area contributed by atoms with Crippen molar-refractivity contribution in [2.75, 3.05) is 18.6 Å². The highest BCUT2D eigenvalue weighted by Gasteiger charge is 2.24. The lowest BCUT2D eigenvalue weighted by atomic mass is 10.1. The van der Waals surface area contributed by atoms with Crippen LogP contribution in [0.5, 0.6) is 0 Å². The highest BCUT2D eigenvalue weighted by molar-refractivity contribution is 7.90. The Hall–Kier alpha value is -2.13. The number of hydrogen-bond donors (Lipinski definition) is 3. The maximum absolute atomic E-state index is 12.4. The van der Waals surface area contributed by atoms with Gasteiger partial charge in [0.15, 0.2) is 0 Å². The summed E-state index contributed by atoms with van der Waals surface area (Å²) in [5, 5.41) is 7.70. The van der Waals surface area contributed by atoms with E-state index >= 15 is 0 Å². The molecule has 3 amide bonds. The van der Waals surface area contributed by atoms with Crippen molar-refractivity contribution in [3.63, 3.8) is 0 Å². The van der Waals surface area contributed by atoms with Crippen molar-refractivity contribution >= 4 is 39.2 Å². The van der Waals surface area contributed by atoms with Crippen LogP contribution in [0.2, 0.25) is 5.02 Å². The fourth-order valence-corrected chi connectivity index (χ4v) is 3.03. The van der Waals surface area contributed by atoms with Gasteiger partial charge < -0.3 is 16.0 Å². The Morgan fingerprint density at radius 1 is 1.11 bits per heavy atom. The van der Waals surface area contributed by atoms with Crippen molar-refractivity contribution in [1.29, 1.82) is 0 Å². The maximum atomic E-state index is 12.4. The number of carbonyl (C=O) groups excluding carboxylic acids is 3. The van der Waals surface area contributed by atoms with E-state index in [1.807, 2.05) is 0 Å². The second kappa shape index (κ2) is 10.3. The lowest BCUT2D eigenvalue weighted by Crippen LogP contribution is -2.50. The number of carbonyl (C=O) groups is 3. The lowest BCUT2D eigenvalue weighted by molar-refractivity contribution is -0.127. The molecule has 0 spiro atoms. The summed E-state index contributed by atoms with van der Waals surface area (Å²) in [5.41, 5.74) is 0.161. The molecule has 10 heteroatoms. The minimum absolute atomic E-state index is 0.0876. The van der Waals surface area contributed by atoms with Crippen LogP contribution in [0.25, 0.3) is 0 Å². The van der Waals surface area contributed by atoms with Crippen LogP contribution in [0.15, 0.2) is 24.3 Å². The van der Waals surface area contributed by atoms with Gasteiger partial charge in [-0.2, -0.15) is 0 Å². The zero-order valence-electron chi connectivity index (χ0n) is 15.4. The molecule has 0 fully saturated rings. The minimum Gasteiger partial charge on any atom is -0.352 e. The largest absolute Gasteiger partial charge is 0.352 e. The molecule has 0 aromatic heterocycles. The Morgan fingerprint density at radius 3 is 2.30 bits per heavy atom. The average Bonchev–Trinajstić information content (AvgIpc) is 2.55. The van der Waals surface area contributed by atoms with Crippen LogP contribution in [0, 0.1) is 0 Å². The Morgan fingerprint density at radius 2 is 1.74 bits per heavy atom. The zero-order valence-corrected chi connectivity index (χ0v) is 17.0.